The van der Waals surface area contributed by atoms with E-state index in [0.29, 0.717) is 6.54 Å². The van der Waals surface area contributed by atoms with Crippen LogP contribution in [-0.4, -0.2) is 23.6 Å². The Morgan fingerprint density at radius 1 is 1.06 bits per heavy atom. The molecule has 4 heteroatoms. The Labute approximate surface area is 107 Å². The van der Waals surface area contributed by atoms with E-state index < -0.39 is 0 Å². The zero-order valence-electron chi connectivity index (χ0n) is 10.6. The van der Waals surface area contributed by atoms with Crippen molar-refractivity contribution in [3.8, 4) is 0 Å². The van der Waals surface area contributed by atoms with Crippen LogP contribution in [0.2, 0.25) is 0 Å². The Bertz CT molecular complexity index is 467. The molecule has 1 heterocycles. The maximum Gasteiger partial charge on any atom is 0.225 e. The summed E-state index contributed by atoms with van der Waals surface area (Å²) in [6.45, 7) is 1.43. The van der Waals surface area contributed by atoms with Gasteiger partial charge in [-0.25, -0.2) is 9.97 Å². The fraction of sp³-hybridized carbons (Fsp3) is 0.286. The van der Waals surface area contributed by atoms with Gasteiger partial charge in [0.05, 0.1) is 0 Å². The van der Waals surface area contributed by atoms with Gasteiger partial charge in [-0.2, -0.15) is 0 Å². The zero-order valence-corrected chi connectivity index (χ0v) is 10.6. The van der Waals surface area contributed by atoms with Crippen LogP contribution < -0.4 is 10.6 Å². The summed E-state index contributed by atoms with van der Waals surface area (Å²) in [4.78, 5) is 10.7. The van der Waals surface area contributed by atoms with Gasteiger partial charge in [-0.3, -0.25) is 0 Å². The minimum Gasteiger partial charge on any atom is -0.340 e. The molecule has 0 spiro atoms. The molecule has 0 atom stereocenters. The summed E-state index contributed by atoms with van der Waals surface area (Å²) in [7, 11) is 1.99. The van der Waals surface area contributed by atoms with Crippen LogP contribution in [0.3, 0.4) is 0 Å². The van der Waals surface area contributed by atoms with Crippen LogP contribution in [0.25, 0.3) is 0 Å². The summed E-state index contributed by atoms with van der Waals surface area (Å²) in [5.74, 6) is 0.736. The standard InChI is InChI=1S/C14H18N4/c1-18(11-12-5-3-2-4-6-12)14-16-9-13(7-8-15)10-17-14/h2-6,9-10H,7-8,11,15H2,1H3. The van der Waals surface area contributed by atoms with Gasteiger partial charge in [-0.05, 0) is 24.1 Å². The molecular formula is C14H18N4. The average molecular weight is 242 g/mol. The van der Waals surface area contributed by atoms with Crippen molar-refractivity contribution in [1.82, 2.24) is 9.97 Å². The van der Waals surface area contributed by atoms with E-state index in [-0.39, 0.29) is 0 Å². The number of aromatic nitrogens is 2. The predicted molar refractivity (Wildman–Crippen MR) is 73.3 cm³/mol. The van der Waals surface area contributed by atoms with Crippen molar-refractivity contribution in [1.29, 1.82) is 0 Å². The Kier molecular flexibility index (Phi) is 4.25. The van der Waals surface area contributed by atoms with Gasteiger partial charge in [0.1, 0.15) is 0 Å². The highest BCUT2D eigenvalue weighted by Gasteiger charge is 2.04. The summed E-state index contributed by atoms with van der Waals surface area (Å²) >= 11 is 0. The van der Waals surface area contributed by atoms with Gasteiger partial charge in [0.2, 0.25) is 5.95 Å². The molecular weight excluding hydrogens is 224 g/mol. The van der Waals surface area contributed by atoms with Crippen LogP contribution in [0.4, 0.5) is 5.95 Å². The van der Waals surface area contributed by atoms with E-state index >= 15 is 0 Å². The van der Waals surface area contributed by atoms with Crippen LogP contribution in [0.5, 0.6) is 0 Å². The van der Waals surface area contributed by atoms with Gasteiger partial charge < -0.3 is 10.6 Å². The number of rotatable bonds is 5. The van der Waals surface area contributed by atoms with Crippen molar-refractivity contribution in [3.05, 3.63) is 53.9 Å². The van der Waals surface area contributed by atoms with Crippen LogP contribution in [0, 0.1) is 0 Å². The van der Waals surface area contributed by atoms with Gasteiger partial charge in [0.25, 0.3) is 0 Å². The van der Waals surface area contributed by atoms with Crippen molar-refractivity contribution < 1.29 is 0 Å². The summed E-state index contributed by atoms with van der Waals surface area (Å²) < 4.78 is 0. The van der Waals surface area contributed by atoms with Gasteiger partial charge in [0.15, 0.2) is 0 Å². The highest BCUT2D eigenvalue weighted by molar-refractivity contribution is 5.31. The fourth-order valence-electron chi connectivity index (χ4n) is 1.77. The number of hydrogen-bond donors (Lipinski definition) is 1. The summed E-state index contributed by atoms with van der Waals surface area (Å²) in [5.41, 5.74) is 7.82. The first-order valence-electron chi connectivity index (χ1n) is 6.05. The Hall–Kier alpha value is -1.94. The van der Waals surface area contributed by atoms with E-state index in [1.165, 1.54) is 5.56 Å². The molecule has 0 saturated carbocycles. The molecule has 0 aliphatic rings. The molecule has 2 rings (SSSR count). The molecule has 0 aliphatic carbocycles. The topological polar surface area (TPSA) is 55.0 Å². The van der Waals surface area contributed by atoms with Crippen LogP contribution in [0.15, 0.2) is 42.7 Å². The van der Waals surface area contributed by atoms with Crippen LogP contribution >= 0.6 is 0 Å². The maximum atomic E-state index is 5.49. The molecule has 0 aliphatic heterocycles. The zero-order chi connectivity index (χ0) is 12.8. The second-order valence-electron chi connectivity index (χ2n) is 4.27. The molecule has 0 bridgehead atoms. The number of nitrogens with two attached hydrogens (primary N) is 1. The summed E-state index contributed by atoms with van der Waals surface area (Å²) in [6, 6.07) is 10.3. The molecule has 0 unspecified atom stereocenters. The van der Waals surface area contributed by atoms with Crippen molar-refractivity contribution in [2.75, 3.05) is 18.5 Å². The molecule has 0 fully saturated rings. The quantitative estimate of drug-likeness (QED) is 0.865. The molecule has 0 saturated heterocycles. The Balaban J connectivity index is 2.02. The van der Waals surface area contributed by atoms with E-state index in [2.05, 4.69) is 22.1 Å². The van der Waals surface area contributed by atoms with Crippen molar-refractivity contribution in [2.24, 2.45) is 5.73 Å². The lowest BCUT2D eigenvalue weighted by atomic mass is 10.2. The average Bonchev–Trinajstić information content (AvgIpc) is 2.41. The molecule has 2 N–H and O–H groups in total. The third kappa shape index (κ3) is 3.28. The predicted octanol–water partition coefficient (Wildman–Crippen LogP) is 1.61. The van der Waals surface area contributed by atoms with E-state index in [4.69, 9.17) is 5.73 Å². The molecule has 0 radical (unpaired) electrons. The molecule has 0 amide bonds. The van der Waals surface area contributed by atoms with Crippen molar-refractivity contribution >= 4 is 5.95 Å². The number of benzene rings is 1. The van der Waals surface area contributed by atoms with Crippen molar-refractivity contribution in [3.63, 3.8) is 0 Å². The molecule has 94 valence electrons. The third-order valence-corrected chi connectivity index (χ3v) is 2.73. The van der Waals surface area contributed by atoms with Gasteiger partial charge in [-0.15, -0.1) is 0 Å². The first kappa shape index (κ1) is 12.5. The molecule has 4 nitrogen and oxygen atoms in total. The Morgan fingerprint density at radius 2 is 1.72 bits per heavy atom. The van der Waals surface area contributed by atoms with E-state index in [1.807, 2.05) is 42.5 Å². The lowest BCUT2D eigenvalue weighted by Gasteiger charge is -2.17. The number of nitrogens with zero attached hydrogens (tertiary/aromatic N) is 3. The Morgan fingerprint density at radius 3 is 2.33 bits per heavy atom. The van der Waals surface area contributed by atoms with Gasteiger partial charge in [-0.1, -0.05) is 30.3 Å². The second kappa shape index (κ2) is 6.12. The van der Waals surface area contributed by atoms with E-state index in [0.717, 1.165) is 24.5 Å². The van der Waals surface area contributed by atoms with Gasteiger partial charge in [0, 0.05) is 26.0 Å². The summed E-state index contributed by atoms with van der Waals surface area (Å²) in [6.07, 6.45) is 4.51. The number of anilines is 1. The first-order chi connectivity index (χ1) is 8.79. The summed E-state index contributed by atoms with van der Waals surface area (Å²) in [5, 5.41) is 0. The molecule has 1 aromatic carbocycles. The van der Waals surface area contributed by atoms with Crippen LogP contribution in [0.1, 0.15) is 11.1 Å². The monoisotopic (exact) mass is 242 g/mol. The largest absolute Gasteiger partial charge is 0.340 e. The minimum atomic E-state index is 0.628. The lowest BCUT2D eigenvalue weighted by Crippen LogP contribution is -2.19. The van der Waals surface area contributed by atoms with E-state index in [1.54, 1.807) is 0 Å². The molecule has 2 aromatic rings. The number of hydrogen-bond acceptors (Lipinski definition) is 4. The van der Waals surface area contributed by atoms with Gasteiger partial charge >= 0.3 is 0 Å². The third-order valence-electron chi connectivity index (χ3n) is 2.73. The highest BCUT2D eigenvalue weighted by Crippen LogP contribution is 2.10. The maximum absolute atomic E-state index is 5.49. The van der Waals surface area contributed by atoms with Crippen LogP contribution in [-0.2, 0) is 13.0 Å². The lowest BCUT2D eigenvalue weighted by molar-refractivity contribution is 0.853. The highest BCUT2D eigenvalue weighted by atomic mass is 15.2. The normalized spacial score (nSPS) is 10.3. The smallest absolute Gasteiger partial charge is 0.225 e. The minimum absolute atomic E-state index is 0.628. The molecule has 1 aromatic heterocycles. The van der Waals surface area contributed by atoms with Crippen molar-refractivity contribution in [2.45, 2.75) is 13.0 Å². The SMILES string of the molecule is CN(Cc1ccccc1)c1ncc(CCN)cn1. The first-order valence-corrected chi connectivity index (χ1v) is 6.05. The second-order valence-corrected chi connectivity index (χ2v) is 4.27. The van der Waals surface area contributed by atoms with E-state index in [9.17, 15) is 0 Å². The fourth-order valence-corrected chi connectivity index (χ4v) is 1.77. The molecule has 18 heavy (non-hydrogen) atoms.